The van der Waals surface area contributed by atoms with Crippen molar-refractivity contribution in [1.29, 1.82) is 0 Å². The first-order valence-corrected chi connectivity index (χ1v) is 6.81. The SMILES string of the molecule is CCOCCCC(=O)Nc1c(Cl)cc(C(=O)O)cc1Cl. The van der Waals surface area contributed by atoms with Gasteiger partial charge >= 0.3 is 5.97 Å². The van der Waals surface area contributed by atoms with Gasteiger partial charge < -0.3 is 15.2 Å². The van der Waals surface area contributed by atoms with Crippen molar-refractivity contribution >= 4 is 40.8 Å². The molecule has 1 aromatic carbocycles. The molecule has 0 bridgehead atoms. The van der Waals surface area contributed by atoms with Crippen molar-refractivity contribution in [1.82, 2.24) is 0 Å². The van der Waals surface area contributed by atoms with Crippen LogP contribution in [0, 0.1) is 0 Å². The lowest BCUT2D eigenvalue weighted by atomic mass is 10.2. The molecule has 1 aromatic rings. The molecule has 1 rings (SSSR count). The Bertz CT molecular complexity index is 482. The molecular weight excluding hydrogens is 305 g/mol. The van der Waals surface area contributed by atoms with Gasteiger partial charge in [0.25, 0.3) is 0 Å². The number of anilines is 1. The average Bonchev–Trinajstić information content (AvgIpc) is 2.38. The van der Waals surface area contributed by atoms with Crippen molar-refractivity contribution < 1.29 is 19.4 Å². The van der Waals surface area contributed by atoms with Crippen molar-refractivity contribution in [2.24, 2.45) is 0 Å². The Hall–Kier alpha value is -1.30. The summed E-state index contributed by atoms with van der Waals surface area (Å²) in [4.78, 5) is 22.5. The summed E-state index contributed by atoms with van der Waals surface area (Å²) in [5.41, 5.74) is 0.189. The molecule has 5 nitrogen and oxygen atoms in total. The Morgan fingerprint density at radius 1 is 1.30 bits per heavy atom. The highest BCUT2D eigenvalue weighted by molar-refractivity contribution is 6.40. The molecule has 0 aliphatic carbocycles. The van der Waals surface area contributed by atoms with Crippen molar-refractivity contribution in [2.45, 2.75) is 19.8 Å². The second-order valence-electron chi connectivity index (χ2n) is 3.97. The van der Waals surface area contributed by atoms with Crippen LogP contribution in [0.3, 0.4) is 0 Å². The normalized spacial score (nSPS) is 10.3. The van der Waals surface area contributed by atoms with E-state index in [1.807, 2.05) is 6.92 Å². The summed E-state index contributed by atoms with van der Waals surface area (Å²) < 4.78 is 5.13. The predicted octanol–water partition coefficient (Wildman–Crippen LogP) is 3.45. The molecule has 0 fully saturated rings. The van der Waals surface area contributed by atoms with Crippen LogP contribution >= 0.6 is 23.2 Å². The summed E-state index contributed by atoms with van der Waals surface area (Å²) in [5, 5.41) is 11.6. The minimum Gasteiger partial charge on any atom is -0.478 e. The van der Waals surface area contributed by atoms with Crippen LogP contribution in [-0.2, 0) is 9.53 Å². The molecule has 0 saturated heterocycles. The fourth-order valence-electron chi connectivity index (χ4n) is 1.50. The standard InChI is InChI=1S/C13H15Cl2NO4/c1-2-20-5-3-4-11(17)16-12-9(14)6-8(13(18)19)7-10(12)15/h6-7H,2-5H2,1H3,(H,16,17)(H,18,19). The van der Waals surface area contributed by atoms with E-state index in [0.29, 0.717) is 19.6 Å². The molecular formula is C13H15Cl2NO4. The number of nitrogens with one attached hydrogen (secondary N) is 1. The van der Waals surface area contributed by atoms with Crippen molar-refractivity contribution in [3.05, 3.63) is 27.7 Å². The van der Waals surface area contributed by atoms with E-state index in [0.717, 1.165) is 0 Å². The molecule has 2 N–H and O–H groups in total. The number of ether oxygens (including phenoxy) is 1. The van der Waals surface area contributed by atoms with Gasteiger partial charge in [-0.1, -0.05) is 23.2 Å². The summed E-state index contributed by atoms with van der Waals surface area (Å²) >= 11 is 11.8. The summed E-state index contributed by atoms with van der Waals surface area (Å²) in [7, 11) is 0. The van der Waals surface area contributed by atoms with Crippen LogP contribution in [0.1, 0.15) is 30.1 Å². The van der Waals surface area contributed by atoms with Crippen molar-refractivity contribution in [3.63, 3.8) is 0 Å². The highest BCUT2D eigenvalue weighted by Crippen LogP contribution is 2.32. The van der Waals surface area contributed by atoms with Gasteiger partial charge in [0.15, 0.2) is 0 Å². The first kappa shape index (κ1) is 16.8. The maximum Gasteiger partial charge on any atom is 0.335 e. The highest BCUT2D eigenvalue weighted by Gasteiger charge is 2.14. The molecule has 20 heavy (non-hydrogen) atoms. The molecule has 0 atom stereocenters. The van der Waals surface area contributed by atoms with Gasteiger partial charge in [-0.15, -0.1) is 0 Å². The first-order valence-electron chi connectivity index (χ1n) is 6.05. The van der Waals surface area contributed by atoms with Gasteiger partial charge in [-0.05, 0) is 25.5 Å². The summed E-state index contributed by atoms with van der Waals surface area (Å²) in [5.74, 6) is -1.39. The molecule has 0 unspecified atom stereocenters. The van der Waals surface area contributed by atoms with Gasteiger partial charge in [-0.25, -0.2) is 4.79 Å². The molecule has 7 heteroatoms. The molecule has 0 aromatic heterocycles. The number of carboxylic acid groups (broad SMARTS) is 1. The lowest BCUT2D eigenvalue weighted by Gasteiger charge is -2.10. The molecule has 0 aliphatic heterocycles. The third-order valence-corrected chi connectivity index (χ3v) is 3.05. The monoisotopic (exact) mass is 319 g/mol. The van der Waals surface area contributed by atoms with Gasteiger partial charge in [0.1, 0.15) is 0 Å². The number of carbonyl (C=O) groups excluding carboxylic acids is 1. The maximum absolute atomic E-state index is 11.7. The van der Waals surface area contributed by atoms with E-state index in [9.17, 15) is 9.59 Å². The lowest BCUT2D eigenvalue weighted by molar-refractivity contribution is -0.116. The van der Waals surface area contributed by atoms with Crippen LogP contribution in [0.2, 0.25) is 10.0 Å². The van der Waals surface area contributed by atoms with E-state index in [2.05, 4.69) is 5.32 Å². The van der Waals surface area contributed by atoms with E-state index in [1.165, 1.54) is 12.1 Å². The zero-order valence-corrected chi connectivity index (χ0v) is 12.4. The first-order chi connectivity index (χ1) is 9.45. The van der Waals surface area contributed by atoms with Crippen molar-refractivity contribution in [3.8, 4) is 0 Å². The molecule has 110 valence electrons. The Balaban J connectivity index is 2.68. The van der Waals surface area contributed by atoms with Gasteiger partial charge in [-0.3, -0.25) is 4.79 Å². The Morgan fingerprint density at radius 2 is 1.90 bits per heavy atom. The Kier molecular flexibility index (Phi) is 6.78. The van der Waals surface area contributed by atoms with E-state index >= 15 is 0 Å². The fourth-order valence-corrected chi connectivity index (χ4v) is 2.08. The topological polar surface area (TPSA) is 75.6 Å². The Labute approximate surface area is 126 Å². The van der Waals surface area contributed by atoms with Crippen molar-refractivity contribution in [2.75, 3.05) is 18.5 Å². The zero-order valence-electron chi connectivity index (χ0n) is 10.9. The fraction of sp³-hybridized carbons (Fsp3) is 0.385. The largest absolute Gasteiger partial charge is 0.478 e. The molecule has 0 spiro atoms. The van der Waals surface area contributed by atoms with E-state index in [1.54, 1.807) is 0 Å². The molecule has 1 amide bonds. The summed E-state index contributed by atoms with van der Waals surface area (Å²) in [6, 6.07) is 2.48. The number of benzene rings is 1. The lowest BCUT2D eigenvalue weighted by Crippen LogP contribution is -2.13. The molecule has 0 aliphatic rings. The van der Waals surface area contributed by atoms with Crippen LogP contribution in [0.15, 0.2) is 12.1 Å². The second kappa shape index (κ2) is 8.09. The zero-order chi connectivity index (χ0) is 15.1. The second-order valence-corrected chi connectivity index (χ2v) is 4.78. The van der Waals surface area contributed by atoms with E-state index in [4.69, 9.17) is 33.0 Å². The Morgan fingerprint density at radius 3 is 2.40 bits per heavy atom. The minimum atomic E-state index is -1.14. The van der Waals surface area contributed by atoms with E-state index < -0.39 is 5.97 Å². The molecule has 0 heterocycles. The summed E-state index contributed by atoms with van der Waals surface area (Å²) in [6.45, 7) is 2.99. The van der Waals surface area contributed by atoms with Gasteiger partial charge in [0.2, 0.25) is 5.91 Å². The van der Waals surface area contributed by atoms with Gasteiger partial charge in [0, 0.05) is 19.6 Å². The smallest absolute Gasteiger partial charge is 0.335 e. The third-order valence-electron chi connectivity index (χ3n) is 2.45. The predicted molar refractivity (Wildman–Crippen MR) is 77.8 cm³/mol. The molecule has 0 saturated carbocycles. The number of amides is 1. The van der Waals surface area contributed by atoms with Crippen LogP contribution in [-0.4, -0.2) is 30.2 Å². The van der Waals surface area contributed by atoms with Crippen LogP contribution < -0.4 is 5.32 Å². The minimum absolute atomic E-state index is 0.0330. The average molecular weight is 320 g/mol. The number of aromatic carboxylic acids is 1. The summed E-state index contributed by atoms with van der Waals surface area (Å²) in [6.07, 6.45) is 0.857. The quantitative estimate of drug-likeness (QED) is 0.755. The number of carboxylic acids is 1. The number of hydrogen-bond donors (Lipinski definition) is 2. The van der Waals surface area contributed by atoms with Crippen LogP contribution in [0.25, 0.3) is 0 Å². The van der Waals surface area contributed by atoms with Crippen LogP contribution in [0.4, 0.5) is 5.69 Å². The number of carbonyl (C=O) groups is 2. The number of halogens is 2. The number of rotatable bonds is 7. The molecule has 0 radical (unpaired) electrons. The van der Waals surface area contributed by atoms with Gasteiger partial charge in [0.05, 0.1) is 21.3 Å². The van der Waals surface area contributed by atoms with E-state index in [-0.39, 0.29) is 33.6 Å². The maximum atomic E-state index is 11.7. The van der Waals surface area contributed by atoms with Crippen LogP contribution in [0.5, 0.6) is 0 Å². The van der Waals surface area contributed by atoms with Gasteiger partial charge in [-0.2, -0.15) is 0 Å². The number of hydrogen-bond acceptors (Lipinski definition) is 3. The third kappa shape index (κ3) is 5.00. The highest BCUT2D eigenvalue weighted by atomic mass is 35.5.